The van der Waals surface area contributed by atoms with E-state index in [2.05, 4.69) is 15.6 Å². The fraction of sp³-hybridized carbons (Fsp3) is 0.500. The van der Waals surface area contributed by atoms with E-state index in [4.69, 9.17) is 0 Å². The Labute approximate surface area is 112 Å². The number of amides is 1. The van der Waals surface area contributed by atoms with Crippen LogP contribution in [0.15, 0.2) is 18.2 Å². The number of benzene rings is 1. The molecule has 0 atom stereocenters. The Kier molecular flexibility index (Phi) is 3.19. The van der Waals surface area contributed by atoms with Gasteiger partial charge in [-0.3, -0.25) is 4.79 Å². The molecule has 1 saturated carbocycles. The molecule has 100 valence electrons. The van der Waals surface area contributed by atoms with Gasteiger partial charge in [0, 0.05) is 12.6 Å². The fourth-order valence-corrected chi connectivity index (χ4v) is 2.82. The van der Waals surface area contributed by atoms with Crippen LogP contribution in [-0.4, -0.2) is 27.9 Å². The summed E-state index contributed by atoms with van der Waals surface area (Å²) in [6, 6.07) is 6.06. The lowest BCUT2D eigenvalue weighted by atomic mass is 9.95. The molecule has 1 heterocycles. The predicted octanol–water partition coefficient (Wildman–Crippen LogP) is 2.30. The van der Waals surface area contributed by atoms with E-state index in [0.29, 0.717) is 11.6 Å². The Morgan fingerprint density at radius 3 is 2.84 bits per heavy atom. The number of carbonyl (C=O) groups is 1. The van der Waals surface area contributed by atoms with E-state index in [-0.39, 0.29) is 5.91 Å². The van der Waals surface area contributed by atoms with Crippen LogP contribution in [0.5, 0.6) is 0 Å². The van der Waals surface area contributed by atoms with E-state index in [9.17, 15) is 4.79 Å². The zero-order chi connectivity index (χ0) is 13.2. The zero-order valence-corrected chi connectivity index (χ0v) is 11.1. The first-order valence-electron chi connectivity index (χ1n) is 6.86. The van der Waals surface area contributed by atoms with Gasteiger partial charge in [-0.25, -0.2) is 4.68 Å². The molecule has 1 aromatic carbocycles. The average molecular weight is 258 g/mol. The summed E-state index contributed by atoms with van der Waals surface area (Å²) in [4.78, 5) is 11.6. The third-order valence-corrected chi connectivity index (χ3v) is 3.88. The number of hydrogen-bond acceptors (Lipinski definition) is 3. The Bertz CT molecular complexity index is 599. The van der Waals surface area contributed by atoms with Crippen molar-refractivity contribution in [1.29, 1.82) is 0 Å². The highest BCUT2D eigenvalue weighted by molar-refractivity contribution is 5.97. The molecule has 1 aliphatic rings. The highest BCUT2D eigenvalue weighted by Gasteiger charge is 2.19. The van der Waals surface area contributed by atoms with Crippen molar-refractivity contribution in [2.24, 2.45) is 0 Å². The number of hydrogen-bond donors (Lipinski definition) is 1. The summed E-state index contributed by atoms with van der Waals surface area (Å²) in [5, 5.41) is 11.1. The topological polar surface area (TPSA) is 59.8 Å². The second kappa shape index (κ2) is 4.99. The normalized spacial score (nSPS) is 16.7. The van der Waals surface area contributed by atoms with Crippen molar-refractivity contribution in [3.8, 4) is 0 Å². The molecule has 0 saturated heterocycles. The molecule has 1 aliphatic carbocycles. The summed E-state index contributed by atoms with van der Waals surface area (Å²) < 4.78 is 2.03. The molecule has 2 aromatic rings. The van der Waals surface area contributed by atoms with Gasteiger partial charge in [-0.05, 0) is 31.0 Å². The maximum atomic E-state index is 11.6. The first-order chi connectivity index (χ1) is 9.29. The van der Waals surface area contributed by atoms with Crippen LogP contribution in [0.25, 0.3) is 11.0 Å². The molecule has 0 radical (unpaired) electrons. The molecule has 0 aliphatic heterocycles. The van der Waals surface area contributed by atoms with Crippen molar-refractivity contribution < 1.29 is 4.79 Å². The lowest BCUT2D eigenvalue weighted by Crippen LogP contribution is -2.17. The van der Waals surface area contributed by atoms with Crippen LogP contribution in [0.1, 0.15) is 48.5 Å². The van der Waals surface area contributed by atoms with E-state index in [1.54, 1.807) is 13.1 Å². The van der Waals surface area contributed by atoms with Gasteiger partial charge in [0.1, 0.15) is 5.52 Å². The second-order valence-electron chi connectivity index (χ2n) is 5.11. The van der Waals surface area contributed by atoms with Crippen molar-refractivity contribution in [2.45, 2.75) is 38.1 Å². The van der Waals surface area contributed by atoms with E-state index >= 15 is 0 Å². The van der Waals surface area contributed by atoms with Gasteiger partial charge in [0.2, 0.25) is 0 Å². The molecule has 1 aromatic heterocycles. The van der Waals surface area contributed by atoms with Gasteiger partial charge in [0.25, 0.3) is 5.91 Å². The molecule has 5 nitrogen and oxygen atoms in total. The van der Waals surface area contributed by atoms with Gasteiger partial charge >= 0.3 is 0 Å². The monoisotopic (exact) mass is 258 g/mol. The van der Waals surface area contributed by atoms with Gasteiger partial charge in [0.15, 0.2) is 0 Å². The summed E-state index contributed by atoms with van der Waals surface area (Å²) in [5.41, 5.74) is 2.46. The molecule has 3 rings (SSSR count). The standard InChI is InChI=1S/C14H18N4O/c1-15-14(19)10-7-8-13-12(9-10)16-17-18(13)11-5-3-2-4-6-11/h7-9,11H,2-6H2,1H3,(H,15,19). The molecule has 1 amide bonds. The lowest BCUT2D eigenvalue weighted by Gasteiger charge is -2.21. The van der Waals surface area contributed by atoms with Crippen molar-refractivity contribution in [2.75, 3.05) is 7.05 Å². The van der Waals surface area contributed by atoms with Crippen molar-refractivity contribution >= 4 is 16.9 Å². The predicted molar refractivity (Wildman–Crippen MR) is 73.0 cm³/mol. The molecule has 0 unspecified atom stereocenters. The van der Waals surface area contributed by atoms with Crippen molar-refractivity contribution in [3.05, 3.63) is 23.8 Å². The molecule has 5 heteroatoms. The van der Waals surface area contributed by atoms with Crippen LogP contribution in [0.3, 0.4) is 0 Å². The van der Waals surface area contributed by atoms with Gasteiger partial charge in [-0.2, -0.15) is 0 Å². The van der Waals surface area contributed by atoms with Gasteiger partial charge in [0.05, 0.1) is 11.6 Å². The van der Waals surface area contributed by atoms with Gasteiger partial charge in [-0.15, -0.1) is 5.10 Å². The maximum absolute atomic E-state index is 11.6. The van der Waals surface area contributed by atoms with Crippen LogP contribution in [0.4, 0.5) is 0 Å². The van der Waals surface area contributed by atoms with E-state index in [0.717, 1.165) is 11.0 Å². The third kappa shape index (κ3) is 2.20. The van der Waals surface area contributed by atoms with Crippen LogP contribution in [0, 0.1) is 0 Å². The Balaban J connectivity index is 1.97. The van der Waals surface area contributed by atoms with Crippen molar-refractivity contribution in [1.82, 2.24) is 20.3 Å². The molecular formula is C14H18N4O. The minimum absolute atomic E-state index is 0.0888. The first-order valence-corrected chi connectivity index (χ1v) is 6.86. The maximum Gasteiger partial charge on any atom is 0.251 e. The highest BCUT2D eigenvalue weighted by Crippen LogP contribution is 2.29. The van der Waals surface area contributed by atoms with E-state index < -0.39 is 0 Å². The summed E-state index contributed by atoms with van der Waals surface area (Å²) in [6.07, 6.45) is 6.21. The quantitative estimate of drug-likeness (QED) is 0.899. The number of carbonyl (C=O) groups excluding carboxylic acids is 1. The smallest absolute Gasteiger partial charge is 0.251 e. The van der Waals surface area contributed by atoms with Gasteiger partial charge < -0.3 is 5.32 Å². The number of fused-ring (bicyclic) bond motifs is 1. The summed E-state index contributed by atoms with van der Waals surface area (Å²) >= 11 is 0. The van der Waals surface area contributed by atoms with E-state index in [1.807, 2.05) is 16.8 Å². The fourth-order valence-electron chi connectivity index (χ4n) is 2.82. The van der Waals surface area contributed by atoms with Crippen LogP contribution in [0.2, 0.25) is 0 Å². The lowest BCUT2D eigenvalue weighted by molar-refractivity contribution is 0.0963. The summed E-state index contributed by atoms with van der Waals surface area (Å²) in [7, 11) is 1.63. The summed E-state index contributed by atoms with van der Waals surface area (Å²) in [5.74, 6) is -0.0888. The SMILES string of the molecule is CNC(=O)c1ccc2c(c1)nnn2C1CCCCC1. The molecule has 0 spiro atoms. The molecular weight excluding hydrogens is 240 g/mol. The van der Waals surface area contributed by atoms with Gasteiger partial charge in [-0.1, -0.05) is 24.5 Å². The summed E-state index contributed by atoms with van der Waals surface area (Å²) in [6.45, 7) is 0. The van der Waals surface area contributed by atoms with Crippen LogP contribution < -0.4 is 5.32 Å². The van der Waals surface area contributed by atoms with Crippen LogP contribution >= 0.6 is 0 Å². The highest BCUT2D eigenvalue weighted by atomic mass is 16.1. The molecule has 0 bridgehead atoms. The Morgan fingerprint density at radius 2 is 2.11 bits per heavy atom. The Hall–Kier alpha value is -1.91. The average Bonchev–Trinajstić information content (AvgIpc) is 2.90. The zero-order valence-electron chi connectivity index (χ0n) is 11.1. The van der Waals surface area contributed by atoms with Crippen LogP contribution in [-0.2, 0) is 0 Å². The largest absolute Gasteiger partial charge is 0.355 e. The molecule has 1 fully saturated rings. The number of rotatable bonds is 2. The number of nitrogens with zero attached hydrogens (tertiary/aromatic N) is 3. The van der Waals surface area contributed by atoms with E-state index in [1.165, 1.54) is 32.1 Å². The number of aromatic nitrogens is 3. The molecule has 1 N–H and O–H groups in total. The second-order valence-corrected chi connectivity index (χ2v) is 5.11. The minimum atomic E-state index is -0.0888. The third-order valence-electron chi connectivity index (χ3n) is 3.88. The first kappa shape index (κ1) is 12.1. The van der Waals surface area contributed by atoms with Crippen molar-refractivity contribution in [3.63, 3.8) is 0 Å². The minimum Gasteiger partial charge on any atom is -0.355 e. The molecule has 19 heavy (non-hydrogen) atoms. The Morgan fingerprint density at radius 1 is 1.32 bits per heavy atom. The number of nitrogens with one attached hydrogen (secondary N) is 1.